The summed E-state index contributed by atoms with van der Waals surface area (Å²) in [7, 11) is 1.60. The van der Waals surface area contributed by atoms with E-state index in [-0.39, 0.29) is 0 Å². The molecule has 1 aliphatic rings. The maximum atomic E-state index is 9.15. The molecule has 1 aromatic rings. The van der Waals surface area contributed by atoms with E-state index in [4.69, 9.17) is 21.6 Å². The molecular formula is C13H18ClN3O. The molecule has 0 saturated heterocycles. The summed E-state index contributed by atoms with van der Waals surface area (Å²) in [5.74, 6) is 0. The lowest BCUT2D eigenvalue weighted by molar-refractivity contribution is 0.180. The number of nitrogens with zero attached hydrogens (tertiary/aromatic N) is 3. The van der Waals surface area contributed by atoms with Crippen molar-refractivity contribution in [3.05, 3.63) is 16.4 Å². The molecule has 0 radical (unpaired) electrons. The van der Waals surface area contributed by atoms with Gasteiger partial charge < -0.3 is 4.74 Å². The highest BCUT2D eigenvalue weighted by Crippen LogP contribution is 2.31. The molecule has 0 N–H and O–H groups in total. The van der Waals surface area contributed by atoms with Crippen LogP contribution in [-0.2, 0) is 11.3 Å². The van der Waals surface area contributed by atoms with Crippen LogP contribution in [0.1, 0.15) is 55.8 Å². The third-order valence-corrected chi connectivity index (χ3v) is 3.85. The molecule has 1 fully saturated rings. The number of hydrogen-bond acceptors (Lipinski definition) is 3. The third-order valence-electron chi connectivity index (χ3n) is 3.49. The molecule has 1 heterocycles. The number of methoxy groups -OCH3 is 1. The molecule has 18 heavy (non-hydrogen) atoms. The molecule has 4 nitrogen and oxygen atoms in total. The van der Waals surface area contributed by atoms with E-state index < -0.39 is 0 Å². The summed E-state index contributed by atoms with van der Waals surface area (Å²) in [4.78, 5) is 0. The van der Waals surface area contributed by atoms with Gasteiger partial charge in [-0.25, -0.2) is 4.68 Å². The van der Waals surface area contributed by atoms with Gasteiger partial charge >= 0.3 is 0 Å². The average molecular weight is 268 g/mol. The Hall–Kier alpha value is -1.05. The number of rotatable bonds is 3. The lowest BCUT2D eigenvalue weighted by Crippen LogP contribution is -2.10. The number of ether oxygens (including phenoxy) is 1. The zero-order chi connectivity index (χ0) is 13.0. The molecule has 1 aliphatic carbocycles. The summed E-state index contributed by atoms with van der Waals surface area (Å²) in [6.07, 6.45) is 7.18. The summed E-state index contributed by atoms with van der Waals surface area (Å²) in [6, 6.07) is 2.46. The van der Waals surface area contributed by atoms with Crippen LogP contribution in [0, 0.1) is 11.3 Å². The third kappa shape index (κ3) is 2.68. The standard InChI is InChI=1S/C13H18ClN3O/c1-18-9-12-11(8-15)13(14)17(16-12)10-6-4-2-3-5-7-10/h10H,2-7,9H2,1H3. The Bertz CT molecular complexity index is 442. The SMILES string of the molecule is COCc1nn(C2CCCCCC2)c(Cl)c1C#N. The molecule has 0 aromatic carbocycles. The zero-order valence-electron chi connectivity index (χ0n) is 10.7. The van der Waals surface area contributed by atoms with Crippen molar-refractivity contribution in [1.82, 2.24) is 9.78 Å². The minimum absolute atomic E-state index is 0.331. The smallest absolute Gasteiger partial charge is 0.145 e. The van der Waals surface area contributed by atoms with Gasteiger partial charge in [0.1, 0.15) is 22.5 Å². The fourth-order valence-corrected chi connectivity index (χ4v) is 2.88. The van der Waals surface area contributed by atoms with Crippen molar-refractivity contribution in [3.63, 3.8) is 0 Å². The van der Waals surface area contributed by atoms with Crippen LogP contribution in [0.3, 0.4) is 0 Å². The Morgan fingerprint density at radius 2 is 2.06 bits per heavy atom. The maximum Gasteiger partial charge on any atom is 0.145 e. The Labute approximate surface area is 112 Å². The molecule has 0 atom stereocenters. The van der Waals surface area contributed by atoms with Gasteiger partial charge in [-0.15, -0.1) is 0 Å². The topological polar surface area (TPSA) is 50.8 Å². The molecular weight excluding hydrogens is 250 g/mol. The highest BCUT2D eigenvalue weighted by Gasteiger charge is 2.22. The van der Waals surface area contributed by atoms with Crippen LogP contribution in [0.25, 0.3) is 0 Å². The summed E-state index contributed by atoms with van der Waals surface area (Å²) < 4.78 is 6.90. The number of nitriles is 1. The van der Waals surface area contributed by atoms with E-state index in [1.807, 2.05) is 4.68 Å². The second-order valence-corrected chi connectivity index (χ2v) is 5.11. The van der Waals surface area contributed by atoms with Gasteiger partial charge in [-0.1, -0.05) is 37.3 Å². The molecule has 0 amide bonds. The van der Waals surface area contributed by atoms with Gasteiger partial charge in [-0.3, -0.25) is 0 Å². The quantitative estimate of drug-likeness (QED) is 0.788. The second-order valence-electron chi connectivity index (χ2n) is 4.75. The van der Waals surface area contributed by atoms with Crippen LogP contribution in [0.5, 0.6) is 0 Å². The van der Waals surface area contributed by atoms with Crippen molar-refractivity contribution < 1.29 is 4.74 Å². The van der Waals surface area contributed by atoms with E-state index in [2.05, 4.69) is 11.2 Å². The average Bonchev–Trinajstić information content (AvgIpc) is 2.58. The minimum Gasteiger partial charge on any atom is -0.378 e. The molecule has 0 spiro atoms. The molecule has 1 aromatic heterocycles. The van der Waals surface area contributed by atoms with E-state index in [9.17, 15) is 0 Å². The second kappa shape index (κ2) is 6.21. The lowest BCUT2D eigenvalue weighted by Gasteiger charge is -2.15. The normalized spacial score (nSPS) is 17.4. The highest BCUT2D eigenvalue weighted by molar-refractivity contribution is 6.30. The Kier molecular flexibility index (Phi) is 4.62. The number of hydrogen-bond donors (Lipinski definition) is 0. The Morgan fingerprint density at radius 1 is 1.39 bits per heavy atom. The Morgan fingerprint density at radius 3 is 2.61 bits per heavy atom. The van der Waals surface area contributed by atoms with Gasteiger partial charge in [0.15, 0.2) is 0 Å². The van der Waals surface area contributed by atoms with Gasteiger partial charge in [0.05, 0.1) is 12.6 Å². The first kappa shape index (κ1) is 13.4. The fourth-order valence-electron chi connectivity index (χ4n) is 2.55. The first-order valence-electron chi connectivity index (χ1n) is 6.43. The van der Waals surface area contributed by atoms with Crippen LogP contribution in [-0.4, -0.2) is 16.9 Å². The van der Waals surface area contributed by atoms with E-state index in [0.29, 0.717) is 29.1 Å². The molecule has 1 saturated carbocycles. The fraction of sp³-hybridized carbons (Fsp3) is 0.692. The predicted octanol–water partition coefficient (Wildman–Crippen LogP) is 3.45. The zero-order valence-corrected chi connectivity index (χ0v) is 11.4. The van der Waals surface area contributed by atoms with Crippen LogP contribution in [0.2, 0.25) is 5.15 Å². The largest absolute Gasteiger partial charge is 0.378 e. The number of aromatic nitrogens is 2. The van der Waals surface area contributed by atoms with Crippen molar-refractivity contribution in [3.8, 4) is 6.07 Å². The lowest BCUT2D eigenvalue weighted by atomic mass is 10.1. The van der Waals surface area contributed by atoms with Gasteiger partial charge in [0, 0.05) is 7.11 Å². The first-order chi connectivity index (χ1) is 8.77. The van der Waals surface area contributed by atoms with E-state index in [1.165, 1.54) is 25.7 Å². The highest BCUT2D eigenvalue weighted by atomic mass is 35.5. The van der Waals surface area contributed by atoms with Crippen molar-refractivity contribution in [2.24, 2.45) is 0 Å². The minimum atomic E-state index is 0.331. The molecule has 0 bridgehead atoms. The maximum absolute atomic E-state index is 9.15. The van der Waals surface area contributed by atoms with Crippen molar-refractivity contribution in [2.75, 3.05) is 7.11 Å². The molecule has 0 aliphatic heterocycles. The van der Waals surface area contributed by atoms with Crippen molar-refractivity contribution >= 4 is 11.6 Å². The summed E-state index contributed by atoms with van der Waals surface area (Å²) in [6.45, 7) is 0.336. The van der Waals surface area contributed by atoms with Crippen molar-refractivity contribution in [2.45, 2.75) is 51.2 Å². The molecule has 5 heteroatoms. The molecule has 0 unspecified atom stereocenters. The molecule has 2 rings (SSSR count). The van der Waals surface area contributed by atoms with Crippen LogP contribution in [0.15, 0.2) is 0 Å². The number of halogens is 1. The van der Waals surface area contributed by atoms with Crippen LogP contribution < -0.4 is 0 Å². The molecule has 98 valence electrons. The van der Waals surface area contributed by atoms with Gasteiger partial charge in [0.25, 0.3) is 0 Å². The van der Waals surface area contributed by atoms with E-state index in [0.717, 1.165) is 12.8 Å². The predicted molar refractivity (Wildman–Crippen MR) is 69.4 cm³/mol. The van der Waals surface area contributed by atoms with Crippen LogP contribution >= 0.6 is 11.6 Å². The summed E-state index contributed by atoms with van der Waals surface area (Å²) in [5.41, 5.74) is 1.11. The summed E-state index contributed by atoms with van der Waals surface area (Å²) in [5, 5.41) is 14.1. The van der Waals surface area contributed by atoms with Crippen molar-refractivity contribution in [1.29, 1.82) is 5.26 Å². The van der Waals surface area contributed by atoms with E-state index in [1.54, 1.807) is 7.11 Å². The Balaban J connectivity index is 2.29. The van der Waals surface area contributed by atoms with Gasteiger partial charge in [-0.2, -0.15) is 10.4 Å². The first-order valence-corrected chi connectivity index (χ1v) is 6.81. The van der Waals surface area contributed by atoms with Gasteiger partial charge in [-0.05, 0) is 12.8 Å². The van der Waals surface area contributed by atoms with Gasteiger partial charge in [0.2, 0.25) is 0 Å². The van der Waals surface area contributed by atoms with E-state index >= 15 is 0 Å². The monoisotopic (exact) mass is 267 g/mol. The summed E-state index contributed by atoms with van der Waals surface area (Å²) >= 11 is 6.27. The van der Waals surface area contributed by atoms with Crippen LogP contribution in [0.4, 0.5) is 0 Å².